The molecule has 0 bridgehead atoms. The third kappa shape index (κ3) is 8.30. The molecule has 228 valence electrons. The molecule has 0 saturated heterocycles. The van der Waals surface area contributed by atoms with Gasteiger partial charge in [-0.3, -0.25) is 4.79 Å². The van der Waals surface area contributed by atoms with Crippen LogP contribution in [0.15, 0.2) is 36.5 Å². The Bertz CT molecular complexity index is 1440. The molecule has 0 saturated carbocycles. The van der Waals surface area contributed by atoms with Crippen LogP contribution < -0.4 is 15.4 Å². The fourth-order valence-corrected chi connectivity index (χ4v) is 3.77. The Morgan fingerprint density at radius 2 is 1.55 bits per heavy atom. The van der Waals surface area contributed by atoms with E-state index in [2.05, 4.69) is 15.0 Å². The number of hydrogen-bond donors (Lipinski definition) is 3. The van der Waals surface area contributed by atoms with Gasteiger partial charge in [0, 0.05) is 29.3 Å². The second kappa shape index (κ2) is 12.2. The Hall–Kier alpha value is -4.43. The third-order valence-corrected chi connectivity index (χ3v) is 5.44. The highest BCUT2D eigenvalue weighted by Gasteiger charge is 2.43. The van der Waals surface area contributed by atoms with Gasteiger partial charge in [-0.05, 0) is 70.0 Å². The average Bonchev–Trinajstić information content (AvgIpc) is 3.24. The van der Waals surface area contributed by atoms with Crippen molar-refractivity contribution in [2.24, 2.45) is 0 Å². The topological polar surface area (TPSA) is 119 Å². The summed E-state index contributed by atoms with van der Waals surface area (Å²) in [6, 6.07) is 4.29. The van der Waals surface area contributed by atoms with Crippen molar-refractivity contribution in [2.75, 3.05) is 18.5 Å². The van der Waals surface area contributed by atoms with Gasteiger partial charge in [-0.2, -0.15) is 26.3 Å². The zero-order chi connectivity index (χ0) is 31.5. The van der Waals surface area contributed by atoms with E-state index in [1.165, 1.54) is 25.1 Å². The molecule has 3 aromatic rings. The van der Waals surface area contributed by atoms with Gasteiger partial charge in [0.05, 0.1) is 6.61 Å². The number of esters is 1. The number of anilines is 1. The zero-order valence-electron chi connectivity index (χ0n) is 22.8. The van der Waals surface area contributed by atoms with Crippen molar-refractivity contribution >= 4 is 34.6 Å². The summed E-state index contributed by atoms with van der Waals surface area (Å²) >= 11 is 0. The molecule has 3 N–H and O–H groups in total. The minimum atomic E-state index is -5.35. The lowest BCUT2D eigenvalue weighted by molar-refractivity contribution is -0.152. The number of alkyl halides is 6. The summed E-state index contributed by atoms with van der Waals surface area (Å²) in [5.74, 6) is -4.94. The van der Waals surface area contributed by atoms with E-state index >= 15 is 0 Å². The molecule has 0 unspecified atom stereocenters. The van der Waals surface area contributed by atoms with Gasteiger partial charge in [0.2, 0.25) is 0 Å². The van der Waals surface area contributed by atoms with Crippen LogP contribution in [0.25, 0.3) is 10.9 Å². The Labute approximate surface area is 235 Å². The van der Waals surface area contributed by atoms with E-state index in [9.17, 15) is 40.7 Å². The van der Waals surface area contributed by atoms with Gasteiger partial charge in [-0.25, -0.2) is 9.59 Å². The number of amides is 2. The predicted molar refractivity (Wildman–Crippen MR) is 138 cm³/mol. The van der Waals surface area contributed by atoms with E-state index in [-0.39, 0.29) is 37.5 Å². The number of benzene rings is 2. The lowest BCUT2D eigenvalue weighted by Gasteiger charge is -2.21. The second-order valence-electron chi connectivity index (χ2n) is 9.87. The summed E-state index contributed by atoms with van der Waals surface area (Å²) in [5, 5.41) is 4.69. The molecule has 42 heavy (non-hydrogen) atoms. The predicted octanol–water partition coefficient (Wildman–Crippen LogP) is 6.57. The third-order valence-electron chi connectivity index (χ3n) is 5.44. The number of alkyl carbamates (subject to hydrolysis) is 1. The van der Waals surface area contributed by atoms with Gasteiger partial charge in [-0.1, -0.05) is 0 Å². The lowest BCUT2D eigenvalue weighted by Crippen LogP contribution is -2.33. The van der Waals surface area contributed by atoms with Crippen molar-refractivity contribution in [1.82, 2.24) is 10.3 Å². The maximum Gasteiger partial charge on any atom is 0.420 e. The molecule has 0 spiro atoms. The summed E-state index contributed by atoms with van der Waals surface area (Å²) in [4.78, 5) is 38.3. The Morgan fingerprint density at radius 1 is 0.929 bits per heavy atom. The first-order valence-electron chi connectivity index (χ1n) is 12.4. The van der Waals surface area contributed by atoms with E-state index in [0.29, 0.717) is 16.5 Å². The summed E-state index contributed by atoms with van der Waals surface area (Å²) in [7, 11) is 0. The molecule has 2 amide bonds. The van der Waals surface area contributed by atoms with Crippen LogP contribution in [0.5, 0.6) is 11.5 Å². The fourth-order valence-electron chi connectivity index (χ4n) is 3.77. The Morgan fingerprint density at radius 3 is 2.10 bits per heavy atom. The zero-order valence-corrected chi connectivity index (χ0v) is 22.8. The molecule has 2 aromatic carbocycles. The van der Waals surface area contributed by atoms with Crippen LogP contribution in [0.2, 0.25) is 0 Å². The van der Waals surface area contributed by atoms with Gasteiger partial charge >= 0.3 is 30.3 Å². The van der Waals surface area contributed by atoms with Crippen LogP contribution in [-0.4, -0.2) is 41.7 Å². The maximum atomic E-state index is 14.0. The molecular formula is C27H27F6N3O6. The Kier molecular flexibility index (Phi) is 9.33. The number of hydrogen-bond acceptors (Lipinski definition) is 6. The first-order chi connectivity index (χ1) is 19.4. The summed E-state index contributed by atoms with van der Waals surface area (Å²) in [6.07, 6.45) is -9.53. The largest absolute Gasteiger partial charge is 0.459 e. The summed E-state index contributed by atoms with van der Waals surface area (Å²) < 4.78 is 98.7. The highest BCUT2D eigenvalue weighted by Crippen LogP contribution is 2.47. The highest BCUT2D eigenvalue weighted by atomic mass is 19.4. The van der Waals surface area contributed by atoms with Gasteiger partial charge < -0.3 is 29.8 Å². The standard InChI is InChI=1S/C27H27F6N3O6/c1-5-40-23(38)22(37)36-15-10-18(26(28,29)30)21(19(11-15)27(31,32)33)41-16-6-7-20-17(12-16)14(13-35-20)8-9-34-24(39)42-25(2,3)4/h6-7,10-13,35H,5,8-9H2,1-4H3,(H,34,39)(H,36,37). The summed E-state index contributed by atoms with van der Waals surface area (Å²) in [6.45, 7) is 6.31. The normalized spacial score (nSPS) is 12.1. The molecule has 0 radical (unpaired) electrons. The van der Waals surface area contributed by atoms with Crippen molar-refractivity contribution < 1.29 is 54.9 Å². The molecule has 1 aromatic heterocycles. The maximum absolute atomic E-state index is 14.0. The van der Waals surface area contributed by atoms with E-state index in [1.54, 1.807) is 32.3 Å². The van der Waals surface area contributed by atoms with Crippen LogP contribution in [0.3, 0.4) is 0 Å². The second-order valence-corrected chi connectivity index (χ2v) is 9.87. The van der Waals surface area contributed by atoms with Crippen LogP contribution in [-0.2, 0) is 37.8 Å². The first-order valence-corrected chi connectivity index (χ1v) is 12.4. The number of rotatable bonds is 7. The van der Waals surface area contributed by atoms with Crippen LogP contribution in [0.1, 0.15) is 44.4 Å². The van der Waals surface area contributed by atoms with Gasteiger partial charge in [0.1, 0.15) is 22.5 Å². The molecule has 1 heterocycles. The molecule has 3 rings (SSSR count). The van der Waals surface area contributed by atoms with Crippen LogP contribution in [0.4, 0.5) is 36.8 Å². The van der Waals surface area contributed by atoms with Gasteiger partial charge in [-0.15, -0.1) is 0 Å². The van der Waals surface area contributed by atoms with Crippen LogP contribution >= 0.6 is 0 Å². The number of H-pyrrole nitrogens is 1. The molecule has 15 heteroatoms. The molecule has 9 nitrogen and oxygen atoms in total. The lowest BCUT2D eigenvalue weighted by atomic mass is 10.1. The number of nitrogens with one attached hydrogen (secondary N) is 3. The van der Waals surface area contributed by atoms with Crippen molar-refractivity contribution in [3.63, 3.8) is 0 Å². The van der Waals surface area contributed by atoms with Gasteiger partial charge in [0.15, 0.2) is 5.75 Å². The first kappa shape index (κ1) is 32.1. The average molecular weight is 604 g/mol. The smallest absolute Gasteiger partial charge is 0.420 e. The number of carbonyl (C=O) groups excluding carboxylic acids is 3. The van der Waals surface area contributed by atoms with Crippen molar-refractivity contribution in [2.45, 2.75) is 52.1 Å². The quantitative estimate of drug-likeness (QED) is 0.160. The number of ether oxygens (including phenoxy) is 3. The van der Waals surface area contributed by atoms with E-state index in [4.69, 9.17) is 9.47 Å². The fraction of sp³-hybridized carbons (Fsp3) is 0.370. The van der Waals surface area contributed by atoms with Crippen molar-refractivity contribution in [1.29, 1.82) is 0 Å². The minimum Gasteiger partial charge on any atom is -0.459 e. The van der Waals surface area contributed by atoms with Crippen molar-refractivity contribution in [3.8, 4) is 11.5 Å². The summed E-state index contributed by atoms with van der Waals surface area (Å²) in [5.41, 5.74) is -4.23. The van der Waals surface area contributed by atoms with Crippen LogP contribution in [0, 0.1) is 0 Å². The number of aromatic amines is 1. The number of aromatic nitrogens is 1. The molecular weight excluding hydrogens is 576 g/mol. The minimum absolute atomic E-state index is 0.127. The van der Waals surface area contributed by atoms with E-state index < -0.39 is 58.5 Å². The molecule has 0 fully saturated rings. The van der Waals surface area contributed by atoms with E-state index in [0.717, 1.165) is 0 Å². The molecule has 0 aliphatic rings. The monoisotopic (exact) mass is 603 g/mol. The number of fused-ring (bicyclic) bond motifs is 1. The van der Waals surface area contributed by atoms with Gasteiger partial charge in [0.25, 0.3) is 0 Å². The number of halogens is 6. The number of carbonyl (C=O) groups is 3. The molecule has 0 aliphatic heterocycles. The molecule has 0 atom stereocenters. The van der Waals surface area contributed by atoms with E-state index in [1.807, 2.05) is 0 Å². The van der Waals surface area contributed by atoms with Crippen molar-refractivity contribution in [3.05, 3.63) is 53.2 Å². The Balaban J connectivity index is 1.96. The highest BCUT2D eigenvalue weighted by molar-refractivity contribution is 6.37. The molecule has 0 aliphatic carbocycles. The SMILES string of the molecule is CCOC(=O)C(=O)Nc1cc(C(F)(F)F)c(Oc2ccc3[nH]cc(CCNC(=O)OC(C)(C)C)c3c2)c(C(F)(F)F)c1.